The van der Waals surface area contributed by atoms with Crippen LogP contribution in [0.2, 0.25) is 0 Å². The molecule has 5 nitrogen and oxygen atoms in total. The van der Waals surface area contributed by atoms with Gasteiger partial charge in [-0.1, -0.05) is 60.7 Å². The van der Waals surface area contributed by atoms with Crippen molar-refractivity contribution in [2.45, 2.75) is 18.9 Å². The summed E-state index contributed by atoms with van der Waals surface area (Å²) in [5.41, 5.74) is 5.20. The van der Waals surface area contributed by atoms with Crippen LogP contribution in [0.5, 0.6) is 11.5 Å². The molecular formula is C28H33N3O2S. The number of rotatable bonds is 9. The first-order valence-electron chi connectivity index (χ1n) is 11.8. The molecule has 1 heterocycles. The second kappa shape index (κ2) is 11.9. The standard InChI is InChI=1S/C28H33N3O2S/c1-32-26-17-23-13-15-31(20-24(23)18-27(26)33-2)16-14-29-28(34)30-19-25(21-9-5-3-6-10-21)22-11-7-4-8-12-22/h3-12,17-18,25H,13-16,19-20H2,1-2H3,(H2,29,30,34). The molecule has 0 unspecified atom stereocenters. The first-order valence-corrected chi connectivity index (χ1v) is 12.2. The Morgan fingerprint density at radius 2 is 1.47 bits per heavy atom. The quantitative estimate of drug-likeness (QED) is 0.449. The molecule has 0 fully saturated rings. The Morgan fingerprint density at radius 1 is 0.882 bits per heavy atom. The average Bonchev–Trinajstić information content (AvgIpc) is 2.89. The van der Waals surface area contributed by atoms with Gasteiger partial charge in [0.25, 0.3) is 0 Å². The molecule has 0 aliphatic carbocycles. The number of hydrogen-bond acceptors (Lipinski definition) is 4. The molecule has 2 N–H and O–H groups in total. The van der Waals surface area contributed by atoms with Crippen molar-refractivity contribution in [2.75, 3.05) is 40.4 Å². The fourth-order valence-corrected chi connectivity index (χ4v) is 4.70. The molecule has 0 atom stereocenters. The van der Waals surface area contributed by atoms with Crippen molar-refractivity contribution >= 4 is 17.3 Å². The van der Waals surface area contributed by atoms with Crippen LogP contribution in [0.4, 0.5) is 0 Å². The van der Waals surface area contributed by atoms with Crippen molar-refractivity contribution in [3.63, 3.8) is 0 Å². The summed E-state index contributed by atoms with van der Waals surface area (Å²) in [7, 11) is 3.37. The second-order valence-electron chi connectivity index (χ2n) is 8.51. The topological polar surface area (TPSA) is 45.8 Å². The minimum atomic E-state index is 0.243. The first-order chi connectivity index (χ1) is 16.7. The summed E-state index contributed by atoms with van der Waals surface area (Å²) in [6.07, 6.45) is 1.01. The number of methoxy groups -OCH3 is 2. The molecule has 0 bridgehead atoms. The molecule has 0 saturated carbocycles. The average molecular weight is 476 g/mol. The molecule has 1 aliphatic heterocycles. The van der Waals surface area contributed by atoms with Crippen molar-refractivity contribution in [2.24, 2.45) is 0 Å². The summed E-state index contributed by atoms with van der Waals surface area (Å²) < 4.78 is 10.9. The van der Waals surface area contributed by atoms with Crippen LogP contribution in [0.15, 0.2) is 72.8 Å². The maximum atomic E-state index is 5.59. The van der Waals surface area contributed by atoms with E-state index in [1.165, 1.54) is 22.3 Å². The van der Waals surface area contributed by atoms with Gasteiger partial charge >= 0.3 is 0 Å². The van der Waals surface area contributed by atoms with Crippen LogP contribution in [0.25, 0.3) is 0 Å². The Bertz CT molecular complexity index is 1040. The highest BCUT2D eigenvalue weighted by atomic mass is 32.1. The Kier molecular flexibility index (Phi) is 8.39. The molecular weight excluding hydrogens is 442 g/mol. The van der Waals surface area contributed by atoms with Crippen molar-refractivity contribution in [3.8, 4) is 11.5 Å². The number of nitrogens with zero attached hydrogens (tertiary/aromatic N) is 1. The summed E-state index contributed by atoms with van der Waals surface area (Å²) in [5, 5.41) is 7.51. The fourth-order valence-electron chi connectivity index (χ4n) is 4.52. The summed E-state index contributed by atoms with van der Waals surface area (Å²) in [6.45, 7) is 4.40. The Labute approximate surface area is 208 Å². The lowest BCUT2D eigenvalue weighted by Crippen LogP contribution is -2.42. The number of hydrogen-bond donors (Lipinski definition) is 2. The van der Waals surface area contributed by atoms with E-state index < -0.39 is 0 Å². The van der Waals surface area contributed by atoms with Gasteiger partial charge in [-0.3, -0.25) is 4.90 Å². The van der Waals surface area contributed by atoms with Crippen LogP contribution in [-0.2, 0) is 13.0 Å². The molecule has 0 aromatic heterocycles. The first kappa shape index (κ1) is 24.0. The number of thiocarbonyl (C=S) groups is 1. The summed E-state index contributed by atoms with van der Waals surface area (Å²) >= 11 is 5.59. The van der Waals surface area contributed by atoms with Crippen LogP contribution < -0.4 is 20.1 Å². The van der Waals surface area contributed by atoms with Crippen LogP contribution in [0, 0.1) is 0 Å². The zero-order valence-corrected chi connectivity index (χ0v) is 20.7. The van der Waals surface area contributed by atoms with Gasteiger partial charge in [0.1, 0.15) is 0 Å². The SMILES string of the molecule is COc1cc2c(cc1OC)CN(CCNC(=S)NCC(c1ccccc1)c1ccccc1)CC2. The van der Waals surface area contributed by atoms with Gasteiger partial charge < -0.3 is 20.1 Å². The molecule has 0 spiro atoms. The van der Waals surface area contributed by atoms with E-state index in [0.29, 0.717) is 5.11 Å². The van der Waals surface area contributed by atoms with E-state index in [4.69, 9.17) is 21.7 Å². The highest BCUT2D eigenvalue weighted by Crippen LogP contribution is 2.33. The molecule has 34 heavy (non-hydrogen) atoms. The summed E-state index contributed by atoms with van der Waals surface area (Å²) in [4.78, 5) is 2.45. The molecule has 4 rings (SSSR count). The maximum absolute atomic E-state index is 5.59. The van der Waals surface area contributed by atoms with E-state index >= 15 is 0 Å². The molecule has 3 aromatic carbocycles. The van der Waals surface area contributed by atoms with E-state index in [-0.39, 0.29) is 5.92 Å². The van der Waals surface area contributed by atoms with Gasteiger partial charge in [0, 0.05) is 38.6 Å². The van der Waals surface area contributed by atoms with Crippen molar-refractivity contribution < 1.29 is 9.47 Å². The van der Waals surface area contributed by atoms with Crippen LogP contribution in [0.3, 0.4) is 0 Å². The monoisotopic (exact) mass is 475 g/mol. The number of nitrogens with one attached hydrogen (secondary N) is 2. The van der Waals surface area contributed by atoms with Crippen molar-refractivity contribution in [1.29, 1.82) is 0 Å². The highest BCUT2D eigenvalue weighted by molar-refractivity contribution is 7.80. The van der Waals surface area contributed by atoms with Crippen molar-refractivity contribution in [3.05, 3.63) is 95.1 Å². The van der Waals surface area contributed by atoms with E-state index in [1.807, 2.05) is 0 Å². The number of benzene rings is 3. The second-order valence-corrected chi connectivity index (χ2v) is 8.92. The third kappa shape index (κ3) is 6.07. The summed E-state index contributed by atoms with van der Waals surface area (Å²) in [5.74, 6) is 1.84. The minimum absolute atomic E-state index is 0.243. The van der Waals surface area contributed by atoms with Gasteiger partial charge in [-0.25, -0.2) is 0 Å². The van der Waals surface area contributed by atoms with Gasteiger partial charge in [0.05, 0.1) is 14.2 Å². The number of ether oxygens (including phenoxy) is 2. The predicted molar refractivity (Wildman–Crippen MR) is 142 cm³/mol. The lowest BCUT2D eigenvalue weighted by molar-refractivity contribution is 0.256. The molecule has 0 saturated heterocycles. The van der Waals surface area contributed by atoms with E-state index in [0.717, 1.165) is 50.6 Å². The fraction of sp³-hybridized carbons (Fsp3) is 0.321. The third-order valence-electron chi connectivity index (χ3n) is 6.38. The zero-order valence-electron chi connectivity index (χ0n) is 19.9. The molecule has 3 aromatic rings. The van der Waals surface area contributed by atoms with Gasteiger partial charge in [0.15, 0.2) is 16.6 Å². The zero-order chi connectivity index (χ0) is 23.8. The summed E-state index contributed by atoms with van der Waals surface area (Å²) in [6, 6.07) is 25.4. The largest absolute Gasteiger partial charge is 0.493 e. The molecule has 6 heteroatoms. The van der Waals surface area contributed by atoms with Crippen LogP contribution >= 0.6 is 12.2 Å². The van der Waals surface area contributed by atoms with E-state index in [2.05, 4.69) is 88.3 Å². The normalized spacial score (nSPS) is 13.3. The third-order valence-corrected chi connectivity index (χ3v) is 6.67. The molecule has 0 radical (unpaired) electrons. The number of fused-ring (bicyclic) bond motifs is 1. The van der Waals surface area contributed by atoms with Crippen LogP contribution in [0.1, 0.15) is 28.2 Å². The van der Waals surface area contributed by atoms with Gasteiger partial charge in [0.2, 0.25) is 0 Å². The molecule has 1 aliphatic rings. The molecule has 178 valence electrons. The Morgan fingerprint density at radius 3 is 2.06 bits per heavy atom. The van der Waals surface area contributed by atoms with Gasteiger partial charge in [-0.2, -0.15) is 0 Å². The van der Waals surface area contributed by atoms with Gasteiger partial charge in [-0.05, 0) is 53.0 Å². The smallest absolute Gasteiger partial charge is 0.166 e. The van der Waals surface area contributed by atoms with Crippen LogP contribution in [-0.4, -0.2) is 50.4 Å². The lowest BCUT2D eigenvalue weighted by Gasteiger charge is -2.29. The van der Waals surface area contributed by atoms with E-state index in [9.17, 15) is 0 Å². The van der Waals surface area contributed by atoms with Gasteiger partial charge in [-0.15, -0.1) is 0 Å². The Balaban J connectivity index is 1.27. The highest BCUT2D eigenvalue weighted by Gasteiger charge is 2.19. The molecule has 0 amide bonds. The minimum Gasteiger partial charge on any atom is -0.493 e. The van der Waals surface area contributed by atoms with Crippen molar-refractivity contribution in [1.82, 2.24) is 15.5 Å². The Hall–Kier alpha value is -3.09. The van der Waals surface area contributed by atoms with E-state index in [1.54, 1.807) is 14.2 Å². The lowest BCUT2D eigenvalue weighted by atomic mass is 9.91. The maximum Gasteiger partial charge on any atom is 0.166 e. The predicted octanol–water partition coefficient (Wildman–Crippen LogP) is 4.36.